The lowest BCUT2D eigenvalue weighted by Gasteiger charge is -2.32. The highest BCUT2D eigenvalue weighted by atomic mass is 32.1. The van der Waals surface area contributed by atoms with Gasteiger partial charge in [-0.2, -0.15) is 4.37 Å². The third-order valence-electron chi connectivity index (χ3n) is 5.41. The molecule has 0 saturated carbocycles. The first-order chi connectivity index (χ1) is 17.5. The van der Waals surface area contributed by atoms with Crippen LogP contribution in [0.5, 0.6) is 5.75 Å². The molecule has 0 saturated heterocycles. The van der Waals surface area contributed by atoms with E-state index in [1.54, 1.807) is 26.0 Å². The van der Waals surface area contributed by atoms with Crippen molar-refractivity contribution in [3.05, 3.63) is 69.7 Å². The second-order valence-electron chi connectivity index (χ2n) is 8.12. The Hall–Kier alpha value is -4.45. The highest BCUT2D eigenvalue weighted by molar-refractivity contribution is 7.09. The molecule has 0 bridgehead atoms. The summed E-state index contributed by atoms with van der Waals surface area (Å²) in [6.45, 7) is 5.00. The molecule has 2 aromatic carbocycles. The molecule has 0 fully saturated rings. The number of nitrogens with zero attached hydrogens (tertiary/aromatic N) is 2. The standard InChI is InChI=1S/C25H27N5O6S/c1-4-36-18(32)12-28-24(34)21(15-6-8-16(31)9-7-15)30(17-10-5-13(2)11-14(17)3)25(35)22-19(26)20(23(27)33)29-37-22/h5-11,21,31H,4,12,26H2,1-3H3,(H2,27,33)(H,28,34). The quantitative estimate of drug-likeness (QED) is 0.307. The molecular weight excluding hydrogens is 498 g/mol. The van der Waals surface area contributed by atoms with E-state index < -0.39 is 36.3 Å². The molecule has 11 nitrogen and oxygen atoms in total. The summed E-state index contributed by atoms with van der Waals surface area (Å²) in [5, 5.41) is 12.3. The van der Waals surface area contributed by atoms with E-state index in [1.807, 2.05) is 13.0 Å². The summed E-state index contributed by atoms with van der Waals surface area (Å²) >= 11 is 0.683. The molecule has 194 valence electrons. The van der Waals surface area contributed by atoms with Gasteiger partial charge in [-0.1, -0.05) is 29.8 Å². The monoisotopic (exact) mass is 525 g/mol. The van der Waals surface area contributed by atoms with Crippen LogP contribution in [0.4, 0.5) is 11.4 Å². The molecule has 12 heteroatoms. The fraction of sp³-hybridized carbons (Fsp3) is 0.240. The van der Waals surface area contributed by atoms with Crippen molar-refractivity contribution >= 4 is 46.6 Å². The average molecular weight is 526 g/mol. The second kappa shape index (κ2) is 11.5. The van der Waals surface area contributed by atoms with E-state index in [1.165, 1.54) is 29.2 Å². The Morgan fingerprint density at radius 1 is 1.14 bits per heavy atom. The highest BCUT2D eigenvalue weighted by Gasteiger charge is 2.36. The lowest BCUT2D eigenvalue weighted by molar-refractivity contribution is -0.143. The zero-order valence-electron chi connectivity index (χ0n) is 20.5. The smallest absolute Gasteiger partial charge is 0.325 e. The summed E-state index contributed by atoms with van der Waals surface area (Å²) in [4.78, 5) is 52.4. The minimum absolute atomic E-state index is 0.0448. The number of hydrogen-bond acceptors (Lipinski definition) is 9. The Labute approximate surface area is 217 Å². The van der Waals surface area contributed by atoms with Crippen LogP contribution >= 0.6 is 11.5 Å². The normalized spacial score (nSPS) is 11.4. The number of anilines is 2. The van der Waals surface area contributed by atoms with Crippen LogP contribution in [-0.4, -0.2) is 46.3 Å². The SMILES string of the molecule is CCOC(=O)CNC(=O)C(c1ccc(O)cc1)N(C(=O)c1snc(C(N)=O)c1N)c1ccc(C)cc1C. The maximum atomic E-state index is 14.0. The molecule has 3 aromatic rings. The van der Waals surface area contributed by atoms with E-state index in [0.29, 0.717) is 28.3 Å². The van der Waals surface area contributed by atoms with Crippen molar-refractivity contribution in [2.24, 2.45) is 5.73 Å². The van der Waals surface area contributed by atoms with Crippen LogP contribution in [0.2, 0.25) is 0 Å². The first-order valence-electron chi connectivity index (χ1n) is 11.2. The number of nitrogens with two attached hydrogens (primary N) is 2. The predicted octanol–water partition coefficient (Wildman–Crippen LogP) is 2.21. The molecule has 0 aliphatic carbocycles. The number of esters is 1. The Bertz CT molecular complexity index is 1340. The molecule has 3 rings (SSSR count). The van der Waals surface area contributed by atoms with Gasteiger partial charge in [-0.15, -0.1) is 0 Å². The van der Waals surface area contributed by atoms with E-state index in [0.717, 1.165) is 5.56 Å². The number of benzene rings is 2. The van der Waals surface area contributed by atoms with E-state index in [4.69, 9.17) is 16.2 Å². The fourth-order valence-corrected chi connectivity index (χ4v) is 4.46. The van der Waals surface area contributed by atoms with Crippen LogP contribution < -0.4 is 21.7 Å². The van der Waals surface area contributed by atoms with Crippen molar-refractivity contribution in [2.45, 2.75) is 26.8 Å². The number of carbonyl (C=O) groups excluding carboxylic acids is 4. The first-order valence-corrected chi connectivity index (χ1v) is 12.0. The Kier molecular flexibility index (Phi) is 8.45. The molecule has 37 heavy (non-hydrogen) atoms. The number of aryl methyl sites for hydroxylation is 2. The number of ether oxygens (including phenoxy) is 1. The van der Waals surface area contributed by atoms with Crippen LogP contribution in [0.25, 0.3) is 0 Å². The van der Waals surface area contributed by atoms with Gasteiger partial charge in [0.15, 0.2) is 5.69 Å². The number of phenols is 1. The lowest BCUT2D eigenvalue weighted by atomic mass is 10.0. The predicted molar refractivity (Wildman–Crippen MR) is 138 cm³/mol. The molecule has 0 spiro atoms. The minimum Gasteiger partial charge on any atom is -0.508 e. The van der Waals surface area contributed by atoms with Gasteiger partial charge in [0.05, 0.1) is 12.3 Å². The van der Waals surface area contributed by atoms with E-state index >= 15 is 0 Å². The number of rotatable bonds is 9. The average Bonchev–Trinajstić information content (AvgIpc) is 3.24. The van der Waals surface area contributed by atoms with Gasteiger partial charge in [0.1, 0.15) is 23.2 Å². The molecule has 1 heterocycles. The molecular formula is C25H27N5O6S. The van der Waals surface area contributed by atoms with Crippen molar-refractivity contribution < 1.29 is 29.0 Å². The zero-order valence-corrected chi connectivity index (χ0v) is 21.3. The maximum absolute atomic E-state index is 14.0. The number of phenolic OH excluding ortho intramolecular Hbond substituents is 1. The van der Waals surface area contributed by atoms with Gasteiger partial charge >= 0.3 is 5.97 Å². The third-order valence-corrected chi connectivity index (χ3v) is 6.26. The van der Waals surface area contributed by atoms with Gasteiger partial charge in [-0.05, 0) is 61.6 Å². The molecule has 1 unspecified atom stereocenters. The summed E-state index contributed by atoms with van der Waals surface area (Å²) < 4.78 is 8.81. The van der Waals surface area contributed by atoms with Crippen molar-refractivity contribution in [2.75, 3.05) is 23.8 Å². The maximum Gasteiger partial charge on any atom is 0.325 e. The number of aromatic hydroxyl groups is 1. The summed E-state index contributed by atoms with van der Waals surface area (Å²) in [6.07, 6.45) is 0. The van der Waals surface area contributed by atoms with Crippen LogP contribution in [0.1, 0.15) is 49.8 Å². The van der Waals surface area contributed by atoms with Gasteiger partial charge in [0, 0.05) is 5.69 Å². The fourth-order valence-electron chi connectivity index (χ4n) is 3.72. The Morgan fingerprint density at radius 3 is 2.38 bits per heavy atom. The van der Waals surface area contributed by atoms with Gasteiger partial charge in [-0.25, -0.2) is 0 Å². The minimum atomic E-state index is -1.30. The zero-order chi connectivity index (χ0) is 27.3. The van der Waals surface area contributed by atoms with Gasteiger partial charge < -0.3 is 26.6 Å². The lowest BCUT2D eigenvalue weighted by Crippen LogP contribution is -2.45. The van der Waals surface area contributed by atoms with Gasteiger partial charge in [0.25, 0.3) is 11.8 Å². The molecule has 1 aromatic heterocycles. The largest absolute Gasteiger partial charge is 0.508 e. The second-order valence-corrected chi connectivity index (χ2v) is 8.89. The van der Waals surface area contributed by atoms with Crippen molar-refractivity contribution in [3.8, 4) is 5.75 Å². The number of carbonyl (C=O) groups is 4. The van der Waals surface area contributed by atoms with Crippen LogP contribution in [0.15, 0.2) is 42.5 Å². The molecule has 1 atom stereocenters. The topological polar surface area (TPSA) is 178 Å². The Morgan fingerprint density at radius 2 is 1.81 bits per heavy atom. The van der Waals surface area contributed by atoms with Gasteiger partial charge in [0.2, 0.25) is 5.91 Å². The number of nitrogens with one attached hydrogen (secondary N) is 1. The summed E-state index contributed by atoms with van der Waals surface area (Å²) in [5.41, 5.74) is 13.3. The molecule has 0 aliphatic heterocycles. The molecule has 6 N–H and O–H groups in total. The summed E-state index contributed by atoms with van der Waals surface area (Å²) in [7, 11) is 0. The number of primary amides is 1. The van der Waals surface area contributed by atoms with Gasteiger partial charge in [-0.3, -0.25) is 24.1 Å². The number of amides is 3. The van der Waals surface area contributed by atoms with Crippen LogP contribution in [-0.2, 0) is 14.3 Å². The number of nitrogen functional groups attached to an aromatic ring is 1. The highest BCUT2D eigenvalue weighted by Crippen LogP contribution is 2.35. The first kappa shape index (κ1) is 27.1. The summed E-state index contributed by atoms with van der Waals surface area (Å²) in [5.74, 6) is -2.99. The van der Waals surface area contributed by atoms with E-state index in [2.05, 4.69) is 9.69 Å². The number of hydrogen-bond donors (Lipinski definition) is 4. The molecule has 3 amide bonds. The van der Waals surface area contributed by atoms with Crippen molar-refractivity contribution in [3.63, 3.8) is 0 Å². The van der Waals surface area contributed by atoms with Crippen molar-refractivity contribution in [1.29, 1.82) is 0 Å². The number of aromatic nitrogens is 1. The third kappa shape index (κ3) is 6.04. The van der Waals surface area contributed by atoms with E-state index in [9.17, 15) is 24.3 Å². The van der Waals surface area contributed by atoms with Crippen LogP contribution in [0, 0.1) is 13.8 Å². The van der Waals surface area contributed by atoms with Crippen molar-refractivity contribution in [1.82, 2.24) is 9.69 Å². The Balaban J connectivity index is 2.19. The van der Waals surface area contributed by atoms with E-state index in [-0.39, 0.29) is 28.6 Å². The summed E-state index contributed by atoms with van der Waals surface area (Å²) in [6, 6.07) is 9.71. The van der Waals surface area contributed by atoms with Crippen LogP contribution in [0.3, 0.4) is 0 Å². The molecule has 0 radical (unpaired) electrons. The molecule has 0 aliphatic rings.